The van der Waals surface area contributed by atoms with Crippen LogP contribution in [0.25, 0.3) is 0 Å². The van der Waals surface area contributed by atoms with Gasteiger partial charge in [-0.05, 0) is 54.6 Å². The predicted octanol–water partition coefficient (Wildman–Crippen LogP) is 4.41. The quantitative estimate of drug-likeness (QED) is 0.820. The van der Waals surface area contributed by atoms with Crippen LogP contribution in [-0.2, 0) is 12.8 Å². The third-order valence-corrected chi connectivity index (χ3v) is 4.28. The molecule has 1 nitrogen and oxygen atoms in total. The Labute approximate surface area is 126 Å². The topological polar surface area (TPSA) is 12.0 Å². The van der Waals surface area contributed by atoms with Gasteiger partial charge in [-0.25, -0.2) is 4.39 Å². The first-order chi connectivity index (χ1) is 9.17. The van der Waals surface area contributed by atoms with E-state index in [0.717, 1.165) is 29.4 Å². The van der Waals surface area contributed by atoms with Crippen molar-refractivity contribution in [1.82, 2.24) is 5.32 Å². The SMILES string of the molecule is CCNC(Cc1cc(F)cc(Br)c1)Cc1cccs1. The summed E-state index contributed by atoms with van der Waals surface area (Å²) in [6.07, 6.45) is 1.82. The number of thiophene rings is 1. The number of nitrogens with one attached hydrogen (secondary N) is 1. The molecule has 102 valence electrons. The number of benzene rings is 1. The summed E-state index contributed by atoms with van der Waals surface area (Å²) in [4.78, 5) is 1.36. The minimum Gasteiger partial charge on any atom is -0.314 e. The van der Waals surface area contributed by atoms with Gasteiger partial charge in [0, 0.05) is 15.4 Å². The van der Waals surface area contributed by atoms with Gasteiger partial charge in [0.2, 0.25) is 0 Å². The molecule has 0 saturated carbocycles. The van der Waals surface area contributed by atoms with Crippen LogP contribution in [0.3, 0.4) is 0 Å². The lowest BCUT2D eigenvalue weighted by atomic mass is 10.0. The van der Waals surface area contributed by atoms with Crippen LogP contribution in [0.1, 0.15) is 17.4 Å². The second kappa shape index (κ2) is 7.17. The molecule has 0 radical (unpaired) electrons. The van der Waals surface area contributed by atoms with Crippen molar-refractivity contribution in [2.75, 3.05) is 6.54 Å². The Hall–Kier alpha value is -0.710. The Morgan fingerprint density at radius 3 is 2.79 bits per heavy atom. The molecule has 0 saturated heterocycles. The van der Waals surface area contributed by atoms with E-state index in [1.807, 2.05) is 6.07 Å². The van der Waals surface area contributed by atoms with Gasteiger partial charge in [0.15, 0.2) is 0 Å². The van der Waals surface area contributed by atoms with Gasteiger partial charge in [-0.1, -0.05) is 28.9 Å². The molecule has 0 aliphatic carbocycles. The van der Waals surface area contributed by atoms with E-state index in [4.69, 9.17) is 0 Å². The Morgan fingerprint density at radius 2 is 2.16 bits per heavy atom. The van der Waals surface area contributed by atoms with Crippen molar-refractivity contribution < 1.29 is 4.39 Å². The first-order valence-corrected chi connectivity index (χ1v) is 8.05. The zero-order valence-electron chi connectivity index (χ0n) is 10.8. The summed E-state index contributed by atoms with van der Waals surface area (Å²) in [5.41, 5.74) is 1.02. The van der Waals surface area contributed by atoms with Gasteiger partial charge < -0.3 is 5.32 Å². The Bertz CT molecular complexity index is 493. The highest BCUT2D eigenvalue weighted by Crippen LogP contribution is 2.18. The van der Waals surface area contributed by atoms with Crippen molar-refractivity contribution in [2.24, 2.45) is 0 Å². The molecular weight excluding hydrogens is 325 g/mol. The van der Waals surface area contributed by atoms with E-state index in [1.54, 1.807) is 17.4 Å². The number of hydrogen-bond donors (Lipinski definition) is 1. The maximum absolute atomic E-state index is 13.4. The maximum atomic E-state index is 13.4. The van der Waals surface area contributed by atoms with E-state index in [-0.39, 0.29) is 5.82 Å². The molecule has 19 heavy (non-hydrogen) atoms. The number of hydrogen-bond acceptors (Lipinski definition) is 2. The first kappa shape index (κ1) is 14.7. The normalized spacial score (nSPS) is 12.6. The minimum absolute atomic E-state index is 0.184. The average molecular weight is 342 g/mol. The minimum atomic E-state index is -0.184. The van der Waals surface area contributed by atoms with Crippen LogP contribution in [0, 0.1) is 5.82 Å². The fourth-order valence-electron chi connectivity index (χ4n) is 2.19. The van der Waals surface area contributed by atoms with Gasteiger partial charge in [0.05, 0.1) is 0 Å². The summed E-state index contributed by atoms with van der Waals surface area (Å²) in [6, 6.07) is 9.66. The first-order valence-electron chi connectivity index (χ1n) is 6.38. The third kappa shape index (κ3) is 4.71. The van der Waals surface area contributed by atoms with Crippen LogP contribution < -0.4 is 5.32 Å². The molecule has 0 amide bonds. The second-order valence-corrected chi connectivity index (χ2v) is 6.47. The molecule has 2 rings (SSSR count). The van der Waals surface area contributed by atoms with Crippen molar-refractivity contribution in [3.05, 3.63) is 56.4 Å². The van der Waals surface area contributed by atoms with Gasteiger partial charge in [-0.3, -0.25) is 0 Å². The lowest BCUT2D eigenvalue weighted by Gasteiger charge is -2.17. The molecule has 0 aliphatic heterocycles. The average Bonchev–Trinajstić information content (AvgIpc) is 2.80. The van der Waals surface area contributed by atoms with E-state index < -0.39 is 0 Å². The fraction of sp³-hybridized carbons (Fsp3) is 0.333. The van der Waals surface area contributed by atoms with Gasteiger partial charge >= 0.3 is 0 Å². The Balaban J connectivity index is 2.07. The number of rotatable bonds is 6. The third-order valence-electron chi connectivity index (χ3n) is 2.92. The summed E-state index contributed by atoms with van der Waals surface area (Å²) in [6.45, 7) is 3.02. The Morgan fingerprint density at radius 1 is 1.32 bits per heavy atom. The molecule has 4 heteroatoms. The standard InChI is InChI=1S/C15H17BrFNS/c1-2-18-14(10-15-4-3-5-19-15)8-11-6-12(16)9-13(17)7-11/h3-7,9,14,18H,2,8,10H2,1H3. The van der Waals surface area contributed by atoms with E-state index >= 15 is 0 Å². The predicted molar refractivity (Wildman–Crippen MR) is 83.3 cm³/mol. The van der Waals surface area contributed by atoms with Crippen LogP contribution >= 0.6 is 27.3 Å². The van der Waals surface area contributed by atoms with Crippen molar-refractivity contribution in [3.63, 3.8) is 0 Å². The molecule has 1 unspecified atom stereocenters. The molecule has 0 spiro atoms. The number of likely N-dealkylation sites (N-methyl/N-ethyl adjacent to an activating group) is 1. The van der Waals surface area contributed by atoms with Crippen molar-refractivity contribution in [1.29, 1.82) is 0 Å². The highest BCUT2D eigenvalue weighted by molar-refractivity contribution is 9.10. The molecule has 0 bridgehead atoms. The van der Waals surface area contributed by atoms with Gasteiger partial charge in [0.1, 0.15) is 5.82 Å². The van der Waals surface area contributed by atoms with Crippen LogP contribution in [0.2, 0.25) is 0 Å². The van der Waals surface area contributed by atoms with Crippen molar-refractivity contribution in [3.8, 4) is 0 Å². The van der Waals surface area contributed by atoms with E-state index in [0.29, 0.717) is 6.04 Å². The highest BCUT2D eigenvalue weighted by Gasteiger charge is 2.11. The fourth-order valence-corrected chi connectivity index (χ4v) is 3.49. The van der Waals surface area contributed by atoms with E-state index in [1.165, 1.54) is 10.9 Å². The molecule has 0 aliphatic rings. The lowest BCUT2D eigenvalue weighted by Crippen LogP contribution is -2.32. The summed E-state index contributed by atoms with van der Waals surface area (Å²) in [7, 11) is 0. The van der Waals surface area contributed by atoms with Crippen molar-refractivity contribution in [2.45, 2.75) is 25.8 Å². The van der Waals surface area contributed by atoms with Gasteiger partial charge in [-0.15, -0.1) is 11.3 Å². The number of halogens is 2. The van der Waals surface area contributed by atoms with E-state index in [2.05, 4.69) is 45.7 Å². The zero-order chi connectivity index (χ0) is 13.7. The van der Waals surface area contributed by atoms with Crippen LogP contribution in [-0.4, -0.2) is 12.6 Å². The molecular formula is C15H17BrFNS. The smallest absolute Gasteiger partial charge is 0.124 e. The molecule has 1 atom stereocenters. The maximum Gasteiger partial charge on any atom is 0.124 e. The second-order valence-electron chi connectivity index (χ2n) is 4.52. The van der Waals surface area contributed by atoms with Crippen LogP contribution in [0.4, 0.5) is 4.39 Å². The van der Waals surface area contributed by atoms with Crippen molar-refractivity contribution >= 4 is 27.3 Å². The molecule has 1 aromatic carbocycles. The van der Waals surface area contributed by atoms with E-state index in [9.17, 15) is 4.39 Å². The summed E-state index contributed by atoms with van der Waals surface area (Å²) < 4.78 is 14.2. The summed E-state index contributed by atoms with van der Waals surface area (Å²) >= 11 is 5.11. The van der Waals surface area contributed by atoms with Gasteiger partial charge in [0.25, 0.3) is 0 Å². The lowest BCUT2D eigenvalue weighted by molar-refractivity contribution is 0.522. The zero-order valence-corrected chi connectivity index (χ0v) is 13.2. The molecule has 1 aromatic heterocycles. The molecule has 0 fully saturated rings. The molecule has 1 N–H and O–H groups in total. The van der Waals surface area contributed by atoms with Gasteiger partial charge in [-0.2, -0.15) is 0 Å². The molecule has 1 heterocycles. The Kier molecular flexibility index (Phi) is 5.55. The molecule has 2 aromatic rings. The summed E-state index contributed by atoms with van der Waals surface area (Å²) in [5, 5.41) is 5.57. The summed E-state index contributed by atoms with van der Waals surface area (Å²) in [5.74, 6) is -0.184. The van der Waals surface area contributed by atoms with Crippen LogP contribution in [0.5, 0.6) is 0 Å². The monoisotopic (exact) mass is 341 g/mol. The largest absolute Gasteiger partial charge is 0.314 e. The van der Waals surface area contributed by atoms with Crippen LogP contribution in [0.15, 0.2) is 40.2 Å². The highest BCUT2D eigenvalue weighted by atomic mass is 79.9.